The van der Waals surface area contributed by atoms with Gasteiger partial charge in [-0.3, -0.25) is 9.59 Å². The van der Waals surface area contributed by atoms with Crippen molar-refractivity contribution in [2.45, 2.75) is 45.4 Å². The molecule has 3 N–H and O–H groups in total. The van der Waals surface area contributed by atoms with Crippen molar-refractivity contribution in [3.63, 3.8) is 0 Å². The minimum atomic E-state index is -0.661. The lowest BCUT2D eigenvalue weighted by molar-refractivity contribution is -0.130. The van der Waals surface area contributed by atoms with Crippen molar-refractivity contribution in [3.8, 4) is 0 Å². The van der Waals surface area contributed by atoms with Crippen molar-refractivity contribution in [3.05, 3.63) is 0 Å². The zero-order valence-electron chi connectivity index (χ0n) is 14.1. The molecule has 0 saturated carbocycles. The Bertz CT molecular complexity index is 325. The van der Waals surface area contributed by atoms with Crippen molar-refractivity contribution in [1.82, 2.24) is 5.32 Å². The average Bonchev–Trinajstić information content (AvgIpc) is 2.41. The smallest absolute Gasteiger partial charge is 0.246 e. The van der Waals surface area contributed by atoms with E-state index in [9.17, 15) is 9.59 Å². The molecule has 0 aliphatic heterocycles. The van der Waals surface area contributed by atoms with E-state index in [0.717, 1.165) is 6.42 Å². The van der Waals surface area contributed by atoms with Gasteiger partial charge in [0.2, 0.25) is 11.8 Å². The highest BCUT2D eigenvalue weighted by Gasteiger charge is 2.18. The SMILES string of the molecule is CC(C)CCOCCOCC(=O)N[C@H](CSC(C)C)C(N)=O. The Kier molecular flexibility index (Phi) is 12.3. The molecule has 0 aliphatic rings. The number of hydrogen-bond acceptors (Lipinski definition) is 5. The Balaban J connectivity index is 3.75. The molecule has 0 aromatic carbocycles. The molecule has 0 heterocycles. The summed E-state index contributed by atoms with van der Waals surface area (Å²) in [4.78, 5) is 23.0. The molecule has 0 aromatic rings. The van der Waals surface area contributed by atoms with Crippen LogP contribution in [0.1, 0.15) is 34.1 Å². The molecular formula is C15H30N2O4S. The van der Waals surface area contributed by atoms with Crippen molar-refractivity contribution < 1.29 is 19.1 Å². The number of carbonyl (C=O) groups excluding carboxylic acids is 2. The summed E-state index contributed by atoms with van der Waals surface area (Å²) in [5.41, 5.74) is 5.28. The summed E-state index contributed by atoms with van der Waals surface area (Å²) in [6.07, 6.45) is 1.01. The first-order chi connectivity index (χ1) is 10.3. The van der Waals surface area contributed by atoms with Crippen LogP contribution in [0, 0.1) is 5.92 Å². The largest absolute Gasteiger partial charge is 0.379 e. The molecule has 2 amide bonds. The first kappa shape index (κ1) is 21.2. The highest BCUT2D eigenvalue weighted by Crippen LogP contribution is 2.10. The van der Waals surface area contributed by atoms with Gasteiger partial charge in [0.05, 0.1) is 13.2 Å². The second kappa shape index (κ2) is 12.7. The third-order valence-corrected chi connectivity index (χ3v) is 3.91. The monoisotopic (exact) mass is 334 g/mol. The molecule has 130 valence electrons. The Morgan fingerprint density at radius 1 is 1.09 bits per heavy atom. The van der Waals surface area contributed by atoms with Crippen LogP contribution in [-0.2, 0) is 19.1 Å². The quantitative estimate of drug-likeness (QED) is 0.494. The molecule has 0 fully saturated rings. The summed E-state index contributed by atoms with van der Waals surface area (Å²) >= 11 is 1.57. The van der Waals surface area contributed by atoms with E-state index in [0.29, 0.717) is 36.7 Å². The maximum Gasteiger partial charge on any atom is 0.246 e. The van der Waals surface area contributed by atoms with Crippen molar-refractivity contribution in [2.24, 2.45) is 11.7 Å². The molecular weight excluding hydrogens is 304 g/mol. The van der Waals surface area contributed by atoms with Crippen LogP contribution in [0.5, 0.6) is 0 Å². The van der Waals surface area contributed by atoms with Gasteiger partial charge in [0.1, 0.15) is 12.6 Å². The van der Waals surface area contributed by atoms with Gasteiger partial charge in [0, 0.05) is 12.4 Å². The van der Waals surface area contributed by atoms with Crippen molar-refractivity contribution in [2.75, 3.05) is 32.2 Å². The van der Waals surface area contributed by atoms with E-state index in [-0.39, 0.29) is 12.5 Å². The lowest BCUT2D eigenvalue weighted by Crippen LogP contribution is -2.47. The summed E-state index contributed by atoms with van der Waals surface area (Å²) in [5.74, 6) is 0.215. The number of ether oxygens (including phenoxy) is 2. The maximum atomic E-state index is 11.7. The molecule has 7 heteroatoms. The Morgan fingerprint density at radius 3 is 2.27 bits per heavy atom. The van der Waals surface area contributed by atoms with Crippen molar-refractivity contribution in [1.29, 1.82) is 0 Å². The minimum absolute atomic E-state index is 0.0936. The molecule has 0 bridgehead atoms. The molecule has 0 radical (unpaired) electrons. The zero-order chi connectivity index (χ0) is 17.0. The molecule has 0 saturated heterocycles. The van der Waals surface area contributed by atoms with Gasteiger partial charge in [0.15, 0.2) is 0 Å². The topological polar surface area (TPSA) is 90.7 Å². The Morgan fingerprint density at radius 2 is 1.73 bits per heavy atom. The molecule has 22 heavy (non-hydrogen) atoms. The molecule has 6 nitrogen and oxygen atoms in total. The highest BCUT2D eigenvalue weighted by molar-refractivity contribution is 7.99. The van der Waals surface area contributed by atoms with Crippen LogP contribution < -0.4 is 11.1 Å². The fourth-order valence-electron chi connectivity index (χ4n) is 1.42. The highest BCUT2D eigenvalue weighted by atomic mass is 32.2. The fraction of sp³-hybridized carbons (Fsp3) is 0.867. The molecule has 1 atom stereocenters. The van der Waals surface area contributed by atoms with Gasteiger partial charge in [-0.15, -0.1) is 0 Å². The first-order valence-corrected chi connectivity index (χ1v) is 8.73. The van der Waals surface area contributed by atoms with Crippen molar-refractivity contribution >= 4 is 23.6 Å². The van der Waals surface area contributed by atoms with Crippen LogP contribution in [0.2, 0.25) is 0 Å². The van der Waals surface area contributed by atoms with Gasteiger partial charge < -0.3 is 20.5 Å². The van der Waals surface area contributed by atoms with Crippen LogP contribution in [0.4, 0.5) is 0 Å². The lowest BCUT2D eigenvalue weighted by Gasteiger charge is -2.16. The van der Waals surface area contributed by atoms with E-state index >= 15 is 0 Å². The predicted molar refractivity (Wildman–Crippen MR) is 89.8 cm³/mol. The Hall–Kier alpha value is -0.790. The normalized spacial score (nSPS) is 12.6. The van der Waals surface area contributed by atoms with Crippen LogP contribution in [0.15, 0.2) is 0 Å². The number of amides is 2. The molecule has 0 spiro atoms. The standard InChI is InChI=1S/C15H30N2O4S/c1-11(2)5-6-20-7-8-21-9-14(18)17-13(15(16)19)10-22-12(3)4/h11-13H,5-10H2,1-4H3,(H2,16,19)(H,17,18)/t13-/m1/s1. The van der Waals surface area contributed by atoms with Gasteiger partial charge in [0.25, 0.3) is 0 Å². The molecule has 0 aliphatic carbocycles. The number of rotatable bonds is 13. The van der Waals surface area contributed by atoms with Crippen LogP contribution in [0.25, 0.3) is 0 Å². The molecule has 0 rings (SSSR count). The average molecular weight is 334 g/mol. The van der Waals surface area contributed by atoms with E-state index in [1.165, 1.54) is 0 Å². The van der Waals surface area contributed by atoms with Crippen LogP contribution >= 0.6 is 11.8 Å². The number of nitrogens with two attached hydrogens (primary N) is 1. The summed E-state index contributed by atoms with van der Waals surface area (Å²) in [6, 6.07) is -0.661. The van der Waals surface area contributed by atoms with Crippen LogP contribution in [-0.4, -0.2) is 55.3 Å². The van der Waals surface area contributed by atoms with Gasteiger partial charge in [-0.25, -0.2) is 0 Å². The van der Waals surface area contributed by atoms with E-state index in [2.05, 4.69) is 19.2 Å². The number of thioether (sulfide) groups is 1. The third-order valence-electron chi connectivity index (χ3n) is 2.72. The first-order valence-electron chi connectivity index (χ1n) is 7.68. The lowest BCUT2D eigenvalue weighted by atomic mass is 10.1. The van der Waals surface area contributed by atoms with Gasteiger partial charge >= 0.3 is 0 Å². The molecule has 0 aromatic heterocycles. The Labute approximate surface area is 137 Å². The second-order valence-electron chi connectivity index (χ2n) is 5.75. The number of primary amides is 1. The van der Waals surface area contributed by atoms with Gasteiger partial charge in [-0.2, -0.15) is 11.8 Å². The van der Waals surface area contributed by atoms with Gasteiger partial charge in [-0.1, -0.05) is 27.7 Å². The van der Waals surface area contributed by atoms with E-state index < -0.39 is 11.9 Å². The van der Waals surface area contributed by atoms with E-state index in [1.807, 2.05) is 13.8 Å². The summed E-state index contributed by atoms with van der Waals surface area (Å²) in [5, 5.41) is 2.96. The summed E-state index contributed by atoms with van der Waals surface area (Å²) in [7, 11) is 0. The third kappa shape index (κ3) is 12.9. The molecule has 0 unspecified atom stereocenters. The number of carbonyl (C=O) groups is 2. The maximum absolute atomic E-state index is 11.7. The van der Waals surface area contributed by atoms with Crippen LogP contribution in [0.3, 0.4) is 0 Å². The number of hydrogen-bond donors (Lipinski definition) is 2. The summed E-state index contributed by atoms with van der Waals surface area (Å²) < 4.78 is 10.6. The predicted octanol–water partition coefficient (Wildman–Crippen LogP) is 1.18. The second-order valence-corrected chi connectivity index (χ2v) is 7.36. The fourth-order valence-corrected chi connectivity index (χ4v) is 2.25. The minimum Gasteiger partial charge on any atom is -0.379 e. The van der Waals surface area contributed by atoms with E-state index in [1.54, 1.807) is 11.8 Å². The van der Waals surface area contributed by atoms with E-state index in [4.69, 9.17) is 15.2 Å². The summed E-state index contributed by atoms with van der Waals surface area (Å²) in [6.45, 7) is 9.73. The number of nitrogens with one attached hydrogen (secondary N) is 1. The zero-order valence-corrected chi connectivity index (χ0v) is 14.9. The van der Waals surface area contributed by atoms with Gasteiger partial charge in [-0.05, 0) is 17.6 Å².